The first-order valence-electron chi connectivity index (χ1n) is 12.7. The maximum Gasteiger partial charge on any atom is 0.270 e. The first kappa shape index (κ1) is 25.7. The number of aromatic nitrogens is 5. The summed E-state index contributed by atoms with van der Waals surface area (Å²) in [5.41, 5.74) is 2.72. The van der Waals surface area contributed by atoms with Gasteiger partial charge in [-0.15, -0.1) is 0 Å². The van der Waals surface area contributed by atoms with Crippen LogP contribution in [0.1, 0.15) is 27.7 Å². The van der Waals surface area contributed by atoms with Gasteiger partial charge in [-0.1, -0.05) is 37.6 Å². The van der Waals surface area contributed by atoms with E-state index in [0.717, 1.165) is 24.5 Å². The van der Waals surface area contributed by atoms with Gasteiger partial charge in [0.1, 0.15) is 5.39 Å². The molecule has 0 aliphatic heterocycles. The van der Waals surface area contributed by atoms with Gasteiger partial charge in [0.2, 0.25) is 11.7 Å². The molecule has 0 radical (unpaired) electrons. The van der Waals surface area contributed by atoms with Crippen LogP contribution in [0.25, 0.3) is 22.5 Å². The fraction of sp³-hybridized carbons (Fsp3) is 0.286. The molecule has 196 valence electrons. The van der Waals surface area contributed by atoms with Crippen molar-refractivity contribution < 1.29 is 0 Å². The molecular weight excluding hydrogens is 500 g/mol. The van der Waals surface area contributed by atoms with Crippen molar-refractivity contribution in [3.8, 4) is 5.69 Å². The Morgan fingerprint density at radius 3 is 2.50 bits per heavy atom. The van der Waals surface area contributed by atoms with E-state index in [-0.39, 0.29) is 5.56 Å². The van der Waals surface area contributed by atoms with Gasteiger partial charge in [-0.2, -0.15) is 4.98 Å². The highest BCUT2D eigenvalue weighted by molar-refractivity contribution is 6.32. The van der Waals surface area contributed by atoms with Crippen molar-refractivity contribution in [3.63, 3.8) is 0 Å². The number of nitrogens with zero attached hydrogens (tertiary/aromatic N) is 6. The molecule has 2 N–H and O–H groups in total. The quantitative estimate of drug-likeness (QED) is 0.276. The molecule has 0 unspecified atom stereocenters. The van der Waals surface area contributed by atoms with Crippen molar-refractivity contribution in [2.24, 2.45) is 0 Å². The number of para-hydroxylation sites is 1. The molecule has 3 heterocycles. The molecule has 0 bridgehead atoms. The second kappa shape index (κ2) is 10.8. The average molecular weight is 531 g/mol. The second-order valence-corrected chi connectivity index (χ2v) is 10.1. The van der Waals surface area contributed by atoms with E-state index in [0.29, 0.717) is 45.6 Å². The summed E-state index contributed by atoms with van der Waals surface area (Å²) >= 11 is 6.41. The van der Waals surface area contributed by atoms with Crippen molar-refractivity contribution in [1.29, 1.82) is 0 Å². The van der Waals surface area contributed by atoms with E-state index in [2.05, 4.69) is 70.3 Å². The minimum atomic E-state index is -0.288. The largest absolute Gasteiger partial charge is 0.368 e. The Morgan fingerprint density at radius 1 is 1.03 bits per heavy atom. The predicted octanol–water partition coefficient (Wildman–Crippen LogP) is 5.04. The summed E-state index contributed by atoms with van der Waals surface area (Å²) in [6.07, 6.45) is 4.94. The summed E-state index contributed by atoms with van der Waals surface area (Å²) in [4.78, 5) is 29.3. The molecule has 0 aliphatic rings. The number of nitrogens with one attached hydrogen (secondary N) is 2. The lowest BCUT2D eigenvalue weighted by molar-refractivity contribution is 0.565. The Kier molecular flexibility index (Phi) is 7.31. The van der Waals surface area contributed by atoms with Gasteiger partial charge in [-0.05, 0) is 50.2 Å². The van der Waals surface area contributed by atoms with Gasteiger partial charge in [0, 0.05) is 55.1 Å². The summed E-state index contributed by atoms with van der Waals surface area (Å²) in [6, 6.07) is 16.2. The van der Waals surface area contributed by atoms with Gasteiger partial charge in [-0.3, -0.25) is 9.20 Å². The van der Waals surface area contributed by atoms with Crippen LogP contribution in [0.15, 0.2) is 71.9 Å². The van der Waals surface area contributed by atoms with Gasteiger partial charge >= 0.3 is 0 Å². The van der Waals surface area contributed by atoms with Crippen LogP contribution in [0, 0.1) is 0 Å². The molecule has 38 heavy (non-hydrogen) atoms. The Labute approximate surface area is 226 Å². The minimum Gasteiger partial charge on any atom is -0.368 e. The molecule has 10 heteroatoms. The first-order valence-corrected chi connectivity index (χ1v) is 13.1. The number of fused-ring (bicyclic) bond motifs is 3. The Hall–Kier alpha value is -3.95. The summed E-state index contributed by atoms with van der Waals surface area (Å²) in [5.74, 6) is 0.808. The van der Waals surface area contributed by atoms with E-state index >= 15 is 0 Å². The normalized spacial score (nSPS) is 11.7. The highest BCUT2D eigenvalue weighted by Gasteiger charge is 2.17. The van der Waals surface area contributed by atoms with Gasteiger partial charge in [0.05, 0.1) is 10.7 Å². The molecule has 0 spiro atoms. The molecule has 0 aliphatic carbocycles. The van der Waals surface area contributed by atoms with Crippen LogP contribution >= 0.6 is 11.6 Å². The van der Waals surface area contributed by atoms with Crippen LogP contribution in [0.3, 0.4) is 0 Å². The van der Waals surface area contributed by atoms with E-state index in [9.17, 15) is 4.79 Å². The number of rotatable bonds is 9. The highest BCUT2D eigenvalue weighted by atomic mass is 35.5. The van der Waals surface area contributed by atoms with Crippen LogP contribution in [0.5, 0.6) is 0 Å². The van der Waals surface area contributed by atoms with E-state index in [4.69, 9.17) is 11.6 Å². The fourth-order valence-corrected chi connectivity index (χ4v) is 4.70. The van der Waals surface area contributed by atoms with Gasteiger partial charge < -0.3 is 15.5 Å². The molecule has 0 saturated carbocycles. The standard InChI is InChI=1S/C28H31ClN8O/c1-18(2)30-13-15-35(19(3)4)21-11-9-20(10-12-21)33-27-32-17-22-25(34-27)36-16-14-31-28(36)37(26(22)38)24-8-6-5-7-23(24)29/h5-12,14,16-19,30H,13,15H2,1-4H3,(H,32,33,34). The van der Waals surface area contributed by atoms with E-state index in [1.54, 1.807) is 28.9 Å². The summed E-state index contributed by atoms with van der Waals surface area (Å²) in [6.45, 7) is 10.5. The number of anilines is 3. The number of benzene rings is 2. The molecule has 3 aromatic heterocycles. The molecular formula is C28H31ClN8O. The number of imidazole rings is 1. The molecule has 5 rings (SSSR count). The lowest BCUT2D eigenvalue weighted by Crippen LogP contribution is -2.38. The monoisotopic (exact) mass is 530 g/mol. The summed E-state index contributed by atoms with van der Waals surface area (Å²) < 4.78 is 3.25. The zero-order chi connectivity index (χ0) is 26.8. The topological polar surface area (TPSA) is 92.4 Å². The zero-order valence-corrected chi connectivity index (χ0v) is 22.6. The molecule has 0 saturated heterocycles. The zero-order valence-electron chi connectivity index (χ0n) is 21.9. The Bertz CT molecular complexity index is 1620. The lowest BCUT2D eigenvalue weighted by atomic mass is 10.2. The van der Waals surface area contributed by atoms with Gasteiger partial charge in [-0.25, -0.2) is 14.5 Å². The molecule has 2 aromatic carbocycles. The van der Waals surface area contributed by atoms with Crippen molar-refractivity contribution in [2.75, 3.05) is 23.3 Å². The molecule has 5 aromatic rings. The number of halogens is 1. The Balaban J connectivity index is 1.45. The lowest BCUT2D eigenvalue weighted by Gasteiger charge is -2.29. The van der Waals surface area contributed by atoms with Crippen LogP contribution in [-0.4, -0.2) is 49.1 Å². The van der Waals surface area contributed by atoms with Crippen LogP contribution in [-0.2, 0) is 0 Å². The first-order chi connectivity index (χ1) is 18.3. The third kappa shape index (κ3) is 5.07. The predicted molar refractivity (Wildman–Crippen MR) is 154 cm³/mol. The third-order valence-electron chi connectivity index (χ3n) is 6.33. The third-order valence-corrected chi connectivity index (χ3v) is 6.65. The maximum atomic E-state index is 13.5. The fourth-order valence-electron chi connectivity index (χ4n) is 4.48. The van der Waals surface area contributed by atoms with Crippen molar-refractivity contribution in [2.45, 2.75) is 39.8 Å². The van der Waals surface area contributed by atoms with Gasteiger partial charge in [0.25, 0.3) is 5.56 Å². The highest BCUT2D eigenvalue weighted by Crippen LogP contribution is 2.24. The van der Waals surface area contributed by atoms with Gasteiger partial charge in [0.15, 0.2) is 5.65 Å². The smallest absolute Gasteiger partial charge is 0.270 e. The van der Waals surface area contributed by atoms with Crippen LogP contribution < -0.4 is 21.1 Å². The number of hydrogen-bond acceptors (Lipinski definition) is 7. The van der Waals surface area contributed by atoms with E-state index < -0.39 is 0 Å². The molecule has 0 fully saturated rings. The van der Waals surface area contributed by atoms with E-state index in [1.165, 1.54) is 10.8 Å². The molecule has 0 atom stereocenters. The maximum absolute atomic E-state index is 13.5. The second-order valence-electron chi connectivity index (χ2n) is 9.69. The SMILES string of the molecule is CC(C)NCCN(c1ccc(Nc2ncc3c(=O)n(-c4ccccc4Cl)c4nccn4c3n2)cc1)C(C)C. The van der Waals surface area contributed by atoms with Crippen molar-refractivity contribution in [1.82, 2.24) is 29.2 Å². The molecule has 0 amide bonds. The Morgan fingerprint density at radius 2 is 1.79 bits per heavy atom. The summed E-state index contributed by atoms with van der Waals surface area (Å²) in [5, 5.41) is 7.56. The van der Waals surface area contributed by atoms with Crippen LogP contribution in [0.2, 0.25) is 5.02 Å². The van der Waals surface area contributed by atoms with Crippen molar-refractivity contribution >= 4 is 45.7 Å². The minimum absolute atomic E-state index is 0.288. The van der Waals surface area contributed by atoms with Crippen LogP contribution in [0.4, 0.5) is 17.3 Å². The average Bonchev–Trinajstić information content (AvgIpc) is 3.38. The number of hydrogen-bond donors (Lipinski definition) is 2. The van der Waals surface area contributed by atoms with Crippen molar-refractivity contribution in [3.05, 3.63) is 82.5 Å². The summed E-state index contributed by atoms with van der Waals surface area (Å²) in [7, 11) is 0. The molecule has 9 nitrogen and oxygen atoms in total. The van der Waals surface area contributed by atoms with E-state index in [1.807, 2.05) is 24.3 Å².